The maximum atomic E-state index is 10.4. The molecule has 0 radical (unpaired) electrons. The van der Waals surface area contributed by atoms with Crippen LogP contribution in [0.2, 0.25) is 0 Å². The molecule has 1 saturated heterocycles. The van der Waals surface area contributed by atoms with E-state index in [0.717, 1.165) is 18.8 Å². The van der Waals surface area contributed by atoms with Gasteiger partial charge in [-0.05, 0) is 67.9 Å². The Bertz CT molecular complexity index is 243. The Balaban J connectivity index is 1.81. The monoisotopic (exact) mass is 254 g/mol. The fourth-order valence-electron chi connectivity index (χ4n) is 2.97. The highest BCUT2D eigenvalue weighted by Gasteiger charge is 2.20. The molecule has 1 fully saturated rings. The Labute approximate surface area is 110 Å². The topological polar surface area (TPSA) is 20.2 Å². The molecule has 0 aromatic rings. The van der Waals surface area contributed by atoms with Crippen LogP contribution in [0.5, 0.6) is 0 Å². The van der Waals surface area contributed by atoms with E-state index in [0.29, 0.717) is 0 Å². The van der Waals surface area contributed by atoms with Gasteiger partial charge in [-0.25, -0.2) is 0 Å². The standard InChI is InChI=1S/C15H26OS/c16-15(12-13-8-10-17-11-9-13)14-6-4-2-1-3-5-7-14/h6,13,15-16H,1-5,7-12H2. The molecule has 1 heterocycles. The summed E-state index contributed by atoms with van der Waals surface area (Å²) in [5.74, 6) is 3.38. The van der Waals surface area contributed by atoms with E-state index in [1.807, 2.05) is 0 Å². The van der Waals surface area contributed by atoms with Crippen molar-refractivity contribution >= 4 is 11.8 Å². The molecule has 17 heavy (non-hydrogen) atoms. The SMILES string of the molecule is OC(CC1CCSCC1)C1=CCCCCCC1. The van der Waals surface area contributed by atoms with Crippen LogP contribution in [0.1, 0.15) is 57.8 Å². The quantitative estimate of drug-likeness (QED) is 0.763. The molecule has 1 aliphatic heterocycles. The number of hydrogen-bond donors (Lipinski definition) is 1. The first-order valence-electron chi connectivity index (χ1n) is 7.31. The van der Waals surface area contributed by atoms with E-state index in [1.165, 1.54) is 62.0 Å². The summed E-state index contributed by atoms with van der Waals surface area (Å²) in [6.07, 6.45) is 13.5. The van der Waals surface area contributed by atoms with Gasteiger partial charge in [-0.15, -0.1) is 0 Å². The van der Waals surface area contributed by atoms with Crippen LogP contribution in [-0.4, -0.2) is 22.7 Å². The van der Waals surface area contributed by atoms with Crippen LogP contribution in [0.15, 0.2) is 11.6 Å². The molecular formula is C15H26OS. The first-order valence-corrected chi connectivity index (χ1v) is 8.46. The largest absolute Gasteiger partial charge is 0.389 e. The highest BCUT2D eigenvalue weighted by atomic mass is 32.2. The summed E-state index contributed by atoms with van der Waals surface area (Å²) in [4.78, 5) is 0. The molecule has 1 unspecified atom stereocenters. The molecule has 1 aliphatic carbocycles. The van der Waals surface area contributed by atoms with Crippen LogP contribution >= 0.6 is 11.8 Å². The first kappa shape index (κ1) is 13.5. The lowest BCUT2D eigenvalue weighted by Crippen LogP contribution is -2.20. The molecule has 0 spiro atoms. The number of aliphatic hydroxyl groups is 1. The van der Waals surface area contributed by atoms with Gasteiger partial charge in [0.15, 0.2) is 0 Å². The molecule has 1 atom stereocenters. The van der Waals surface area contributed by atoms with Crippen LogP contribution in [0, 0.1) is 5.92 Å². The van der Waals surface area contributed by atoms with E-state index < -0.39 is 0 Å². The summed E-state index contributed by atoms with van der Waals surface area (Å²) in [5, 5.41) is 10.4. The van der Waals surface area contributed by atoms with Crippen molar-refractivity contribution < 1.29 is 5.11 Å². The minimum absolute atomic E-state index is 0.138. The Morgan fingerprint density at radius 1 is 1.18 bits per heavy atom. The van der Waals surface area contributed by atoms with Gasteiger partial charge >= 0.3 is 0 Å². The molecule has 1 N–H and O–H groups in total. The van der Waals surface area contributed by atoms with Crippen molar-refractivity contribution in [2.45, 2.75) is 63.9 Å². The molecule has 2 aliphatic rings. The van der Waals surface area contributed by atoms with Crippen LogP contribution in [-0.2, 0) is 0 Å². The van der Waals surface area contributed by atoms with E-state index in [9.17, 15) is 5.11 Å². The minimum atomic E-state index is -0.138. The maximum Gasteiger partial charge on any atom is 0.0752 e. The number of aliphatic hydroxyl groups excluding tert-OH is 1. The zero-order valence-corrected chi connectivity index (χ0v) is 11.7. The van der Waals surface area contributed by atoms with E-state index in [2.05, 4.69) is 17.8 Å². The summed E-state index contributed by atoms with van der Waals surface area (Å²) < 4.78 is 0. The van der Waals surface area contributed by atoms with Gasteiger partial charge in [-0.3, -0.25) is 0 Å². The molecule has 2 heteroatoms. The second-order valence-electron chi connectivity index (χ2n) is 5.54. The molecule has 0 bridgehead atoms. The Kier molecular flexibility index (Phi) is 5.93. The summed E-state index contributed by atoms with van der Waals surface area (Å²) >= 11 is 2.07. The summed E-state index contributed by atoms with van der Waals surface area (Å²) in [5.41, 5.74) is 1.35. The highest BCUT2D eigenvalue weighted by molar-refractivity contribution is 7.99. The van der Waals surface area contributed by atoms with Gasteiger partial charge in [-0.2, -0.15) is 11.8 Å². The van der Waals surface area contributed by atoms with Crippen molar-refractivity contribution in [3.63, 3.8) is 0 Å². The average Bonchev–Trinajstić information content (AvgIpc) is 2.29. The van der Waals surface area contributed by atoms with Crippen molar-refractivity contribution in [3.8, 4) is 0 Å². The van der Waals surface area contributed by atoms with Crippen molar-refractivity contribution in [3.05, 3.63) is 11.6 Å². The van der Waals surface area contributed by atoms with Gasteiger partial charge in [-0.1, -0.05) is 18.9 Å². The normalized spacial score (nSPS) is 25.8. The number of allylic oxidation sites excluding steroid dienone is 1. The lowest BCUT2D eigenvalue weighted by Gasteiger charge is -2.25. The summed E-state index contributed by atoms with van der Waals surface area (Å²) in [7, 11) is 0. The fraction of sp³-hybridized carbons (Fsp3) is 0.867. The van der Waals surface area contributed by atoms with Crippen molar-refractivity contribution in [1.82, 2.24) is 0 Å². The van der Waals surface area contributed by atoms with Crippen LogP contribution in [0.3, 0.4) is 0 Å². The summed E-state index contributed by atoms with van der Waals surface area (Å²) in [6.45, 7) is 0. The van der Waals surface area contributed by atoms with Gasteiger partial charge in [0.25, 0.3) is 0 Å². The highest BCUT2D eigenvalue weighted by Crippen LogP contribution is 2.29. The van der Waals surface area contributed by atoms with E-state index in [1.54, 1.807) is 0 Å². The second kappa shape index (κ2) is 7.48. The smallest absolute Gasteiger partial charge is 0.0752 e. The van der Waals surface area contributed by atoms with Crippen LogP contribution in [0.4, 0.5) is 0 Å². The molecule has 2 rings (SSSR count). The molecule has 98 valence electrons. The lowest BCUT2D eigenvalue weighted by atomic mass is 9.89. The van der Waals surface area contributed by atoms with Gasteiger partial charge in [0.1, 0.15) is 0 Å². The summed E-state index contributed by atoms with van der Waals surface area (Å²) in [6, 6.07) is 0. The van der Waals surface area contributed by atoms with E-state index >= 15 is 0 Å². The maximum absolute atomic E-state index is 10.4. The molecule has 0 aromatic heterocycles. The van der Waals surface area contributed by atoms with Crippen molar-refractivity contribution in [1.29, 1.82) is 0 Å². The molecular weight excluding hydrogens is 228 g/mol. The number of thioether (sulfide) groups is 1. The van der Waals surface area contributed by atoms with E-state index in [-0.39, 0.29) is 6.10 Å². The third-order valence-corrected chi connectivity index (χ3v) is 5.20. The Hall–Kier alpha value is 0.0500. The Morgan fingerprint density at radius 3 is 2.76 bits per heavy atom. The van der Waals surface area contributed by atoms with Gasteiger partial charge in [0.05, 0.1) is 6.10 Å². The first-order chi connectivity index (χ1) is 8.36. The van der Waals surface area contributed by atoms with Gasteiger partial charge < -0.3 is 5.11 Å². The average molecular weight is 254 g/mol. The molecule has 0 amide bonds. The van der Waals surface area contributed by atoms with Gasteiger partial charge in [0.2, 0.25) is 0 Å². The fourth-order valence-corrected chi connectivity index (χ4v) is 4.17. The molecule has 1 nitrogen and oxygen atoms in total. The third kappa shape index (κ3) is 4.67. The second-order valence-corrected chi connectivity index (χ2v) is 6.76. The molecule has 0 aromatic carbocycles. The van der Waals surface area contributed by atoms with E-state index in [4.69, 9.17) is 0 Å². The van der Waals surface area contributed by atoms with Gasteiger partial charge in [0, 0.05) is 0 Å². The molecule has 0 saturated carbocycles. The lowest BCUT2D eigenvalue weighted by molar-refractivity contribution is 0.167. The zero-order chi connectivity index (χ0) is 11.9. The van der Waals surface area contributed by atoms with Crippen molar-refractivity contribution in [2.24, 2.45) is 5.92 Å². The zero-order valence-electron chi connectivity index (χ0n) is 10.9. The van der Waals surface area contributed by atoms with Crippen LogP contribution < -0.4 is 0 Å². The number of rotatable bonds is 3. The predicted molar refractivity (Wildman–Crippen MR) is 76.5 cm³/mol. The Morgan fingerprint density at radius 2 is 1.94 bits per heavy atom. The van der Waals surface area contributed by atoms with Crippen LogP contribution in [0.25, 0.3) is 0 Å². The number of hydrogen-bond acceptors (Lipinski definition) is 2. The van der Waals surface area contributed by atoms with Crippen molar-refractivity contribution in [2.75, 3.05) is 11.5 Å². The minimum Gasteiger partial charge on any atom is -0.389 e. The predicted octanol–water partition coefficient (Wildman–Crippen LogP) is 4.16. The third-order valence-electron chi connectivity index (χ3n) is 4.15.